The highest BCUT2D eigenvalue weighted by atomic mass is 16.3. The first kappa shape index (κ1) is 17.1. The van der Waals surface area contributed by atoms with Crippen LogP contribution in [0.15, 0.2) is 17.1 Å². The van der Waals surface area contributed by atoms with Crippen molar-refractivity contribution in [2.45, 2.75) is 70.3 Å². The maximum Gasteiger partial charge on any atom is 0.259 e. The fraction of sp³-hybridized carbons (Fsp3) is 0.684. The average molecular weight is 332 g/mol. The zero-order chi connectivity index (χ0) is 16.9. The zero-order valence-electron chi connectivity index (χ0n) is 14.3. The van der Waals surface area contributed by atoms with Gasteiger partial charge < -0.3 is 15.0 Å². The van der Waals surface area contributed by atoms with Crippen molar-refractivity contribution in [2.24, 2.45) is 5.92 Å². The number of aromatic amines is 1. The molecule has 1 aromatic heterocycles. The van der Waals surface area contributed by atoms with Crippen LogP contribution in [0.1, 0.15) is 74.6 Å². The van der Waals surface area contributed by atoms with Gasteiger partial charge in [0.25, 0.3) is 11.5 Å². The Morgan fingerprint density at radius 1 is 1.08 bits per heavy atom. The van der Waals surface area contributed by atoms with Crippen LogP contribution in [-0.2, 0) is 0 Å². The lowest BCUT2D eigenvalue weighted by Crippen LogP contribution is -2.44. The third-order valence-corrected chi connectivity index (χ3v) is 5.59. The lowest BCUT2D eigenvalue weighted by atomic mass is 9.87. The molecular formula is C19H28N2O3. The summed E-state index contributed by atoms with van der Waals surface area (Å²) in [7, 11) is 0. The molecule has 0 bridgehead atoms. The molecule has 0 radical (unpaired) electrons. The number of hydrogen-bond donors (Lipinski definition) is 2. The predicted molar refractivity (Wildman–Crippen MR) is 93.2 cm³/mol. The molecule has 2 saturated carbocycles. The highest BCUT2D eigenvalue weighted by Crippen LogP contribution is 2.30. The van der Waals surface area contributed by atoms with Gasteiger partial charge in [0.15, 0.2) is 0 Å². The lowest BCUT2D eigenvalue weighted by molar-refractivity contribution is 0.0568. The SMILES string of the molecule is O=C(c1c[nH]c(=O)cc1O)N(CC1CCCCC1)C1CCCCC1. The summed E-state index contributed by atoms with van der Waals surface area (Å²) in [6, 6.07) is 1.35. The molecule has 2 aliphatic rings. The number of carbonyl (C=O) groups is 1. The van der Waals surface area contributed by atoms with Gasteiger partial charge in [0.2, 0.25) is 0 Å². The molecule has 1 aromatic rings. The topological polar surface area (TPSA) is 73.4 Å². The van der Waals surface area contributed by atoms with Crippen molar-refractivity contribution in [2.75, 3.05) is 6.54 Å². The van der Waals surface area contributed by atoms with Gasteiger partial charge in [-0.2, -0.15) is 0 Å². The number of carbonyl (C=O) groups excluding carboxylic acids is 1. The summed E-state index contributed by atoms with van der Waals surface area (Å²) in [4.78, 5) is 28.9. The number of aromatic hydroxyl groups is 1. The number of pyridine rings is 1. The van der Waals surface area contributed by atoms with E-state index in [1.807, 2.05) is 4.90 Å². The molecule has 1 heterocycles. The highest BCUT2D eigenvalue weighted by molar-refractivity contribution is 5.96. The zero-order valence-corrected chi connectivity index (χ0v) is 14.3. The molecule has 5 nitrogen and oxygen atoms in total. The van der Waals surface area contributed by atoms with Crippen LogP contribution in [0.3, 0.4) is 0 Å². The van der Waals surface area contributed by atoms with E-state index in [9.17, 15) is 14.7 Å². The van der Waals surface area contributed by atoms with Crippen LogP contribution in [0.5, 0.6) is 5.75 Å². The third-order valence-electron chi connectivity index (χ3n) is 5.59. The predicted octanol–water partition coefficient (Wildman–Crippen LogP) is 3.44. The number of rotatable bonds is 4. The number of nitrogens with one attached hydrogen (secondary N) is 1. The Balaban J connectivity index is 1.81. The van der Waals surface area contributed by atoms with E-state index in [1.54, 1.807) is 0 Å². The van der Waals surface area contributed by atoms with Crippen LogP contribution < -0.4 is 5.56 Å². The second kappa shape index (κ2) is 7.86. The maximum absolute atomic E-state index is 13.1. The molecule has 2 aliphatic carbocycles. The molecule has 0 aromatic carbocycles. The summed E-state index contributed by atoms with van der Waals surface area (Å²) in [5, 5.41) is 10.0. The van der Waals surface area contributed by atoms with Gasteiger partial charge in [-0.15, -0.1) is 0 Å². The lowest BCUT2D eigenvalue weighted by Gasteiger charge is -2.37. The summed E-state index contributed by atoms with van der Waals surface area (Å²) in [6.45, 7) is 0.780. The largest absolute Gasteiger partial charge is 0.507 e. The summed E-state index contributed by atoms with van der Waals surface area (Å²) in [5.74, 6) is 0.212. The summed E-state index contributed by atoms with van der Waals surface area (Å²) in [5.41, 5.74) is -0.170. The van der Waals surface area contributed by atoms with Gasteiger partial charge >= 0.3 is 0 Å². The summed E-state index contributed by atoms with van der Waals surface area (Å²) < 4.78 is 0. The molecule has 132 valence electrons. The normalized spacial score (nSPS) is 20.0. The first-order valence-electron chi connectivity index (χ1n) is 9.38. The van der Waals surface area contributed by atoms with Crippen molar-refractivity contribution < 1.29 is 9.90 Å². The summed E-state index contributed by atoms with van der Waals surface area (Å²) >= 11 is 0. The minimum Gasteiger partial charge on any atom is -0.507 e. The number of hydrogen-bond acceptors (Lipinski definition) is 3. The van der Waals surface area contributed by atoms with E-state index in [0.717, 1.165) is 38.3 Å². The first-order chi connectivity index (χ1) is 11.6. The van der Waals surface area contributed by atoms with Gasteiger partial charge in [-0.1, -0.05) is 38.5 Å². The standard InChI is InChI=1S/C19H28N2O3/c22-17-11-18(23)20-12-16(17)19(24)21(15-9-5-2-6-10-15)13-14-7-3-1-4-8-14/h11-12,14-15H,1-10,13H2,(H2,20,22,23). The highest BCUT2D eigenvalue weighted by Gasteiger charge is 2.30. The van der Waals surface area contributed by atoms with Crippen LogP contribution >= 0.6 is 0 Å². The van der Waals surface area contributed by atoms with E-state index in [2.05, 4.69) is 4.98 Å². The average Bonchev–Trinajstić information content (AvgIpc) is 2.61. The van der Waals surface area contributed by atoms with Gasteiger partial charge in [-0.25, -0.2) is 0 Å². The number of nitrogens with zero attached hydrogens (tertiary/aromatic N) is 1. The van der Waals surface area contributed by atoms with E-state index >= 15 is 0 Å². The Morgan fingerprint density at radius 3 is 2.33 bits per heavy atom. The van der Waals surface area contributed by atoms with E-state index in [4.69, 9.17) is 0 Å². The Bertz CT molecular complexity index is 613. The van der Waals surface area contributed by atoms with Crippen LogP contribution in [0, 0.1) is 5.92 Å². The van der Waals surface area contributed by atoms with Crippen molar-refractivity contribution in [3.63, 3.8) is 0 Å². The Morgan fingerprint density at radius 2 is 1.71 bits per heavy atom. The molecule has 0 aliphatic heterocycles. The van der Waals surface area contributed by atoms with Gasteiger partial charge in [0, 0.05) is 24.8 Å². The molecule has 0 spiro atoms. The monoisotopic (exact) mass is 332 g/mol. The first-order valence-corrected chi connectivity index (χ1v) is 9.38. The molecule has 0 atom stereocenters. The van der Waals surface area contributed by atoms with Gasteiger partial charge in [0.1, 0.15) is 5.75 Å². The summed E-state index contributed by atoms with van der Waals surface area (Å²) in [6.07, 6.45) is 13.2. The number of amides is 1. The Labute approximate surface area is 143 Å². The molecule has 1 amide bonds. The molecule has 2 N–H and O–H groups in total. The minimum atomic E-state index is -0.388. The minimum absolute atomic E-state index is 0.138. The maximum atomic E-state index is 13.1. The van der Waals surface area contributed by atoms with Crippen molar-refractivity contribution >= 4 is 5.91 Å². The molecule has 3 rings (SSSR count). The van der Waals surface area contributed by atoms with Crippen molar-refractivity contribution in [1.82, 2.24) is 9.88 Å². The fourth-order valence-electron chi connectivity index (χ4n) is 4.23. The van der Waals surface area contributed by atoms with Crippen molar-refractivity contribution in [3.05, 3.63) is 28.2 Å². The van der Waals surface area contributed by atoms with Crippen LogP contribution in [0.4, 0.5) is 0 Å². The molecular weight excluding hydrogens is 304 g/mol. The molecule has 2 fully saturated rings. The second-order valence-electron chi connectivity index (χ2n) is 7.35. The quantitative estimate of drug-likeness (QED) is 0.887. The van der Waals surface area contributed by atoms with E-state index in [1.165, 1.54) is 44.7 Å². The molecule has 0 saturated heterocycles. The molecule has 24 heavy (non-hydrogen) atoms. The number of H-pyrrole nitrogens is 1. The fourth-order valence-corrected chi connectivity index (χ4v) is 4.23. The van der Waals surface area contributed by atoms with E-state index < -0.39 is 0 Å². The van der Waals surface area contributed by atoms with Gasteiger partial charge in [0.05, 0.1) is 5.56 Å². The van der Waals surface area contributed by atoms with Crippen LogP contribution in [0.2, 0.25) is 0 Å². The number of aromatic nitrogens is 1. The third kappa shape index (κ3) is 4.00. The smallest absolute Gasteiger partial charge is 0.259 e. The van der Waals surface area contributed by atoms with Gasteiger partial charge in [-0.05, 0) is 31.6 Å². The van der Waals surface area contributed by atoms with Crippen LogP contribution in [0.25, 0.3) is 0 Å². The Kier molecular flexibility index (Phi) is 5.59. The van der Waals surface area contributed by atoms with Crippen LogP contribution in [-0.4, -0.2) is 33.5 Å². The Hall–Kier alpha value is -1.78. The van der Waals surface area contributed by atoms with E-state index in [0.29, 0.717) is 5.92 Å². The molecule has 5 heteroatoms. The van der Waals surface area contributed by atoms with Crippen molar-refractivity contribution in [3.8, 4) is 5.75 Å². The van der Waals surface area contributed by atoms with E-state index in [-0.39, 0.29) is 28.8 Å². The van der Waals surface area contributed by atoms with Gasteiger partial charge in [-0.3, -0.25) is 9.59 Å². The van der Waals surface area contributed by atoms with Crippen molar-refractivity contribution in [1.29, 1.82) is 0 Å². The second-order valence-corrected chi connectivity index (χ2v) is 7.35. The molecule has 0 unspecified atom stereocenters.